The van der Waals surface area contributed by atoms with Gasteiger partial charge in [0.15, 0.2) is 0 Å². The minimum absolute atomic E-state index is 0.0325. The fourth-order valence-corrected chi connectivity index (χ4v) is 3.19. The van der Waals surface area contributed by atoms with Crippen LogP contribution in [0, 0.1) is 5.92 Å². The van der Waals surface area contributed by atoms with Crippen molar-refractivity contribution < 1.29 is 14.3 Å². The third kappa shape index (κ3) is 3.79. The van der Waals surface area contributed by atoms with E-state index in [4.69, 9.17) is 4.74 Å². The van der Waals surface area contributed by atoms with E-state index in [0.29, 0.717) is 6.54 Å². The first-order valence-corrected chi connectivity index (χ1v) is 9.05. The highest BCUT2D eigenvalue weighted by molar-refractivity contribution is 7.98. The molecular weight excluding hydrogens is 322 g/mol. The summed E-state index contributed by atoms with van der Waals surface area (Å²) in [4.78, 5) is 27.3. The third-order valence-corrected chi connectivity index (χ3v) is 4.77. The second kappa shape index (κ2) is 7.53. The molecular formula is C19H19NO3S. The Bertz CT molecular complexity index is 732. The van der Waals surface area contributed by atoms with Gasteiger partial charge in [0.25, 0.3) is 0 Å². The maximum Gasteiger partial charge on any atom is 0.311 e. The van der Waals surface area contributed by atoms with Crippen LogP contribution in [0.3, 0.4) is 0 Å². The maximum absolute atomic E-state index is 12.3. The third-order valence-electron chi connectivity index (χ3n) is 4.05. The molecule has 1 aliphatic heterocycles. The lowest BCUT2D eigenvalue weighted by atomic mass is 10.1. The van der Waals surface area contributed by atoms with E-state index in [1.54, 1.807) is 16.7 Å². The van der Waals surface area contributed by atoms with Crippen molar-refractivity contribution in [3.63, 3.8) is 0 Å². The van der Waals surface area contributed by atoms with Gasteiger partial charge in [-0.3, -0.25) is 9.59 Å². The van der Waals surface area contributed by atoms with Crippen molar-refractivity contribution in [1.29, 1.82) is 0 Å². The molecule has 3 rings (SSSR count). The number of amides is 1. The zero-order valence-electron chi connectivity index (χ0n) is 13.5. The lowest BCUT2D eigenvalue weighted by Crippen LogP contribution is -2.26. The van der Waals surface area contributed by atoms with Gasteiger partial charge in [-0.25, -0.2) is 0 Å². The smallest absolute Gasteiger partial charge is 0.311 e. The molecule has 24 heavy (non-hydrogen) atoms. The number of carbonyl (C=O) groups is 2. The van der Waals surface area contributed by atoms with E-state index in [0.717, 1.165) is 16.1 Å². The molecule has 0 unspecified atom stereocenters. The summed E-state index contributed by atoms with van der Waals surface area (Å²) in [6.07, 6.45) is 2.20. The van der Waals surface area contributed by atoms with Crippen molar-refractivity contribution in [1.82, 2.24) is 0 Å². The molecule has 0 N–H and O–H groups in total. The van der Waals surface area contributed by atoms with E-state index in [1.807, 2.05) is 60.9 Å². The molecule has 1 heterocycles. The molecule has 1 atom stereocenters. The minimum atomic E-state index is -0.404. The summed E-state index contributed by atoms with van der Waals surface area (Å²) in [6.45, 7) is 0.622. The summed E-state index contributed by atoms with van der Waals surface area (Å²) in [7, 11) is 0. The van der Waals surface area contributed by atoms with Crippen molar-refractivity contribution >= 4 is 29.3 Å². The zero-order valence-corrected chi connectivity index (χ0v) is 14.3. The molecule has 0 radical (unpaired) electrons. The van der Waals surface area contributed by atoms with E-state index in [1.165, 1.54) is 0 Å². The number of ether oxygens (including phenoxy) is 1. The molecule has 1 aliphatic rings. The summed E-state index contributed by atoms with van der Waals surface area (Å²) in [6, 6.07) is 17.3. The molecule has 0 aromatic heterocycles. The van der Waals surface area contributed by atoms with Gasteiger partial charge in [0.2, 0.25) is 5.91 Å². The Labute approximate surface area is 145 Å². The second-order valence-electron chi connectivity index (χ2n) is 5.70. The highest BCUT2D eigenvalue weighted by atomic mass is 32.2. The van der Waals surface area contributed by atoms with Gasteiger partial charge in [-0.2, -0.15) is 0 Å². The van der Waals surface area contributed by atoms with E-state index >= 15 is 0 Å². The Kier molecular flexibility index (Phi) is 5.20. The molecule has 0 aliphatic carbocycles. The van der Waals surface area contributed by atoms with Crippen molar-refractivity contribution in [3.8, 4) is 0 Å². The van der Waals surface area contributed by atoms with Crippen LogP contribution in [-0.4, -0.2) is 24.7 Å². The van der Waals surface area contributed by atoms with Crippen LogP contribution in [0.1, 0.15) is 12.0 Å². The average molecular weight is 341 g/mol. The number of nitrogens with zero attached hydrogens (tertiary/aromatic N) is 1. The summed E-state index contributed by atoms with van der Waals surface area (Å²) in [5, 5.41) is 0. The Balaban J connectivity index is 1.62. The molecule has 124 valence electrons. The fourth-order valence-electron chi connectivity index (χ4n) is 2.74. The number of hydrogen-bond donors (Lipinski definition) is 0. The lowest BCUT2D eigenvalue weighted by molar-refractivity contribution is -0.149. The van der Waals surface area contributed by atoms with Crippen LogP contribution >= 0.6 is 11.8 Å². The van der Waals surface area contributed by atoms with Crippen LogP contribution in [0.2, 0.25) is 0 Å². The number of carbonyl (C=O) groups excluding carboxylic acids is 2. The Morgan fingerprint density at radius 2 is 2.00 bits per heavy atom. The minimum Gasteiger partial charge on any atom is -0.461 e. The summed E-state index contributed by atoms with van der Waals surface area (Å²) >= 11 is 1.63. The fraction of sp³-hybridized carbons (Fsp3) is 0.263. The number of thioether (sulfide) groups is 1. The van der Waals surface area contributed by atoms with Gasteiger partial charge in [-0.05, 0) is 30.0 Å². The highest BCUT2D eigenvalue weighted by Crippen LogP contribution is 2.28. The first-order valence-electron chi connectivity index (χ1n) is 7.82. The van der Waals surface area contributed by atoms with Crippen molar-refractivity contribution in [3.05, 3.63) is 60.2 Å². The van der Waals surface area contributed by atoms with Gasteiger partial charge in [0.1, 0.15) is 6.61 Å². The molecule has 0 bridgehead atoms. The standard InChI is InChI=1S/C19H19NO3S/c1-24-17-9-5-8-16(11-17)20-12-15(10-18(20)21)19(22)23-13-14-6-3-2-4-7-14/h2-9,11,15H,10,12-13H2,1H3/t15-/m0/s1. The molecule has 2 aromatic rings. The number of esters is 1. The van der Waals surface area contributed by atoms with Crippen molar-refractivity contribution in [2.24, 2.45) is 5.92 Å². The molecule has 4 nitrogen and oxygen atoms in total. The molecule has 0 spiro atoms. The van der Waals surface area contributed by atoms with Crippen LogP contribution in [0.25, 0.3) is 0 Å². The van der Waals surface area contributed by atoms with E-state index in [9.17, 15) is 9.59 Å². The van der Waals surface area contributed by atoms with Crippen LogP contribution in [0.5, 0.6) is 0 Å². The molecule has 1 fully saturated rings. The largest absolute Gasteiger partial charge is 0.461 e. The highest BCUT2D eigenvalue weighted by Gasteiger charge is 2.36. The van der Waals surface area contributed by atoms with Crippen LogP contribution in [-0.2, 0) is 20.9 Å². The van der Waals surface area contributed by atoms with Gasteiger partial charge in [-0.1, -0.05) is 36.4 Å². The van der Waals surface area contributed by atoms with E-state index in [2.05, 4.69) is 0 Å². The Morgan fingerprint density at radius 1 is 1.21 bits per heavy atom. The number of benzene rings is 2. The predicted octanol–water partition coefficient (Wildman–Crippen LogP) is 3.50. The first kappa shape index (κ1) is 16.6. The topological polar surface area (TPSA) is 46.6 Å². The van der Waals surface area contributed by atoms with Gasteiger partial charge in [0.05, 0.1) is 5.92 Å². The van der Waals surface area contributed by atoms with Gasteiger partial charge in [-0.15, -0.1) is 11.8 Å². The van der Waals surface area contributed by atoms with E-state index < -0.39 is 5.92 Å². The normalized spacial score (nSPS) is 17.1. The van der Waals surface area contributed by atoms with Gasteiger partial charge >= 0.3 is 5.97 Å². The first-order chi connectivity index (χ1) is 11.7. The van der Waals surface area contributed by atoms with Crippen LogP contribution in [0.15, 0.2) is 59.5 Å². The number of hydrogen-bond acceptors (Lipinski definition) is 4. The Morgan fingerprint density at radius 3 is 2.75 bits per heavy atom. The monoisotopic (exact) mass is 341 g/mol. The van der Waals surface area contributed by atoms with Crippen molar-refractivity contribution in [2.45, 2.75) is 17.9 Å². The molecule has 1 saturated heterocycles. The zero-order chi connectivity index (χ0) is 16.9. The van der Waals surface area contributed by atoms with Crippen LogP contribution in [0.4, 0.5) is 5.69 Å². The van der Waals surface area contributed by atoms with Crippen molar-refractivity contribution in [2.75, 3.05) is 17.7 Å². The molecule has 0 saturated carbocycles. The summed E-state index contributed by atoms with van der Waals surface area (Å²) < 4.78 is 5.37. The summed E-state index contributed by atoms with van der Waals surface area (Å²) in [5.41, 5.74) is 1.78. The molecule has 5 heteroatoms. The molecule has 1 amide bonds. The van der Waals surface area contributed by atoms with E-state index in [-0.39, 0.29) is 24.9 Å². The van der Waals surface area contributed by atoms with Crippen LogP contribution < -0.4 is 4.90 Å². The quantitative estimate of drug-likeness (QED) is 0.617. The number of rotatable bonds is 5. The average Bonchev–Trinajstić information content (AvgIpc) is 3.02. The maximum atomic E-state index is 12.3. The van der Waals surface area contributed by atoms with Gasteiger partial charge < -0.3 is 9.64 Å². The SMILES string of the molecule is CSc1cccc(N2C[C@@H](C(=O)OCc3ccccc3)CC2=O)c1. The Hall–Kier alpha value is -2.27. The second-order valence-corrected chi connectivity index (χ2v) is 6.58. The summed E-state index contributed by atoms with van der Waals surface area (Å²) in [5.74, 6) is -0.746. The molecule has 2 aromatic carbocycles. The predicted molar refractivity (Wildman–Crippen MR) is 94.9 cm³/mol. The number of anilines is 1. The lowest BCUT2D eigenvalue weighted by Gasteiger charge is -2.17. The van der Waals surface area contributed by atoms with Gasteiger partial charge in [0, 0.05) is 23.5 Å².